The van der Waals surface area contributed by atoms with Gasteiger partial charge < -0.3 is 15.4 Å². The molecule has 6 heteroatoms. The van der Waals surface area contributed by atoms with E-state index in [4.69, 9.17) is 21.0 Å². The van der Waals surface area contributed by atoms with E-state index in [0.29, 0.717) is 17.4 Å². The van der Waals surface area contributed by atoms with Crippen molar-refractivity contribution in [3.05, 3.63) is 12.1 Å². The molecule has 0 unspecified atom stereocenters. The van der Waals surface area contributed by atoms with Crippen molar-refractivity contribution in [1.82, 2.24) is 4.98 Å². The first-order valence-corrected chi connectivity index (χ1v) is 5.50. The molecule has 0 atom stereocenters. The molecular formula is C12H15N5O. The molecule has 1 heterocycles. The molecule has 1 aromatic heterocycles. The first-order valence-electron chi connectivity index (χ1n) is 5.50. The lowest BCUT2D eigenvalue weighted by atomic mass is 10.3. The van der Waals surface area contributed by atoms with Gasteiger partial charge in [-0.05, 0) is 26.0 Å². The Bertz CT molecular complexity index is 470. The van der Waals surface area contributed by atoms with Crippen molar-refractivity contribution < 1.29 is 4.74 Å². The lowest BCUT2D eigenvalue weighted by Crippen LogP contribution is -2.25. The summed E-state index contributed by atoms with van der Waals surface area (Å²) in [6.07, 6.45) is -0.0459. The third-order valence-corrected chi connectivity index (χ3v) is 2.07. The number of rotatable bonds is 5. The molecule has 0 spiro atoms. The van der Waals surface area contributed by atoms with Gasteiger partial charge in [-0.3, -0.25) is 0 Å². The minimum atomic E-state index is -0.0459. The van der Waals surface area contributed by atoms with Crippen LogP contribution in [0.3, 0.4) is 0 Å². The number of nitrogens with two attached hydrogens (primary N) is 1. The first kappa shape index (κ1) is 13.6. The SMILES string of the molecule is CC(C)Oc1nc(N(CC#N)CC#N)ccc1N. The maximum Gasteiger partial charge on any atom is 0.239 e. The molecule has 94 valence electrons. The Morgan fingerprint density at radius 2 is 1.94 bits per heavy atom. The third-order valence-electron chi connectivity index (χ3n) is 2.07. The molecule has 0 amide bonds. The van der Waals surface area contributed by atoms with E-state index >= 15 is 0 Å². The standard InChI is InChI=1S/C12H15N5O/c1-9(2)18-12-10(15)3-4-11(16-12)17(7-5-13)8-6-14/h3-4,9H,7-8,15H2,1-2H3. The van der Waals surface area contributed by atoms with Crippen molar-refractivity contribution in [3.8, 4) is 18.0 Å². The largest absolute Gasteiger partial charge is 0.473 e. The second kappa shape index (κ2) is 6.31. The Labute approximate surface area is 106 Å². The summed E-state index contributed by atoms with van der Waals surface area (Å²) >= 11 is 0. The van der Waals surface area contributed by atoms with Gasteiger partial charge in [-0.15, -0.1) is 0 Å². The summed E-state index contributed by atoms with van der Waals surface area (Å²) in [7, 11) is 0. The van der Waals surface area contributed by atoms with Crippen LogP contribution in [0, 0.1) is 22.7 Å². The van der Waals surface area contributed by atoms with Crippen LogP contribution in [0.25, 0.3) is 0 Å². The molecule has 18 heavy (non-hydrogen) atoms. The Morgan fingerprint density at radius 3 is 2.44 bits per heavy atom. The van der Waals surface area contributed by atoms with Crippen LogP contribution in [0.5, 0.6) is 5.88 Å². The average molecular weight is 245 g/mol. The van der Waals surface area contributed by atoms with Crippen LogP contribution in [0.2, 0.25) is 0 Å². The van der Waals surface area contributed by atoms with Gasteiger partial charge in [-0.1, -0.05) is 0 Å². The molecule has 6 nitrogen and oxygen atoms in total. The van der Waals surface area contributed by atoms with Gasteiger partial charge in [0.1, 0.15) is 18.9 Å². The van der Waals surface area contributed by atoms with Gasteiger partial charge in [0.15, 0.2) is 0 Å². The number of nitrogen functional groups attached to an aromatic ring is 1. The Kier molecular flexibility index (Phi) is 4.77. The summed E-state index contributed by atoms with van der Waals surface area (Å²) in [6.45, 7) is 3.92. The summed E-state index contributed by atoms with van der Waals surface area (Å²) in [6, 6.07) is 7.30. The molecule has 1 rings (SSSR count). The molecule has 0 fully saturated rings. The number of hydrogen-bond acceptors (Lipinski definition) is 6. The molecule has 0 aliphatic carbocycles. The minimum Gasteiger partial charge on any atom is -0.473 e. The van der Waals surface area contributed by atoms with Gasteiger partial charge in [0.25, 0.3) is 0 Å². The highest BCUT2D eigenvalue weighted by Crippen LogP contribution is 2.23. The van der Waals surface area contributed by atoms with E-state index in [1.807, 2.05) is 26.0 Å². The number of ether oxygens (including phenoxy) is 1. The lowest BCUT2D eigenvalue weighted by Gasteiger charge is -2.19. The summed E-state index contributed by atoms with van der Waals surface area (Å²) < 4.78 is 5.46. The van der Waals surface area contributed by atoms with Crippen molar-refractivity contribution in [2.45, 2.75) is 20.0 Å². The van der Waals surface area contributed by atoms with Crippen molar-refractivity contribution >= 4 is 11.5 Å². The van der Waals surface area contributed by atoms with E-state index in [9.17, 15) is 0 Å². The van der Waals surface area contributed by atoms with Gasteiger partial charge in [-0.25, -0.2) is 0 Å². The normalized spacial score (nSPS) is 9.61. The number of pyridine rings is 1. The fourth-order valence-corrected chi connectivity index (χ4v) is 1.32. The fourth-order valence-electron chi connectivity index (χ4n) is 1.32. The van der Waals surface area contributed by atoms with E-state index in [2.05, 4.69) is 4.98 Å². The maximum atomic E-state index is 8.71. The average Bonchev–Trinajstić information content (AvgIpc) is 2.31. The molecule has 0 bridgehead atoms. The molecule has 0 saturated carbocycles. The summed E-state index contributed by atoms with van der Waals surface area (Å²) in [5.41, 5.74) is 6.18. The molecule has 1 aromatic rings. The Morgan fingerprint density at radius 1 is 1.33 bits per heavy atom. The van der Waals surface area contributed by atoms with Gasteiger partial charge in [0, 0.05) is 0 Å². The van der Waals surface area contributed by atoms with Crippen LogP contribution in [0.4, 0.5) is 11.5 Å². The van der Waals surface area contributed by atoms with Gasteiger partial charge in [-0.2, -0.15) is 15.5 Å². The number of anilines is 2. The van der Waals surface area contributed by atoms with Crippen LogP contribution < -0.4 is 15.4 Å². The Hall–Kier alpha value is -2.47. The van der Waals surface area contributed by atoms with Crippen LogP contribution >= 0.6 is 0 Å². The summed E-state index contributed by atoms with van der Waals surface area (Å²) in [4.78, 5) is 5.77. The smallest absolute Gasteiger partial charge is 0.239 e. The second-order valence-electron chi connectivity index (χ2n) is 3.90. The van der Waals surface area contributed by atoms with Gasteiger partial charge in [0.2, 0.25) is 5.88 Å². The first-order chi connectivity index (χ1) is 8.58. The number of nitriles is 2. The summed E-state index contributed by atoms with van der Waals surface area (Å²) in [5.74, 6) is 0.825. The third kappa shape index (κ3) is 3.53. The Balaban J connectivity index is 3.02. The number of aromatic nitrogens is 1. The number of hydrogen-bond donors (Lipinski definition) is 1. The molecule has 2 N–H and O–H groups in total. The molecule has 0 saturated heterocycles. The van der Waals surface area contributed by atoms with E-state index in [0.717, 1.165) is 0 Å². The second-order valence-corrected chi connectivity index (χ2v) is 3.90. The lowest BCUT2D eigenvalue weighted by molar-refractivity contribution is 0.234. The van der Waals surface area contributed by atoms with Crippen molar-refractivity contribution in [3.63, 3.8) is 0 Å². The quantitative estimate of drug-likeness (QED) is 0.785. The van der Waals surface area contributed by atoms with Crippen LogP contribution in [-0.4, -0.2) is 24.2 Å². The highest BCUT2D eigenvalue weighted by Gasteiger charge is 2.11. The maximum absolute atomic E-state index is 8.71. The van der Waals surface area contributed by atoms with E-state index in [1.54, 1.807) is 17.0 Å². The topological polar surface area (TPSA) is 99.0 Å². The predicted octanol–water partition coefficient (Wildman–Crippen LogP) is 1.30. The van der Waals surface area contributed by atoms with Gasteiger partial charge >= 0.3 is 0 Å². The van der Waals surface area contributed by atoms with Crippen molar-refractivity contribution in [1.29, 1.82) is 10.5 Å². The van der Waals surface area contributed by atoms with Gasteiger partial charge in [0.05, 0.1) is 23.9 Å². The zero-order valence-electron chi connectivity index (χ0n) is 10.4. The van der Waals surface area contributed by atoms with Crippen molar-refractivity contribution in [2.24, 2.45) is 0 Å². The number of nitrogens with zero attached hydrogens (tertiary/aromatic N) is 4. The van der Waals surface area contributed by atoms with Crippen LogP contribution in [-0.2, 0) is 0 Å². The summed E-state index contributed by atoms with van der Waals surface area (Å²) in [5, 5.41) is 17.4. The zero-order valence-corrected chi connectivity index (χ0v) is 10.4. The van der Waals surface area contributed by atoms with E-state index < -0.39 is 0 Å². The van der Waals surface area contributed by atoms with Crippen LogP contribution in [0.15, 0.2) is 12.1 Å². The molecular weight excluding hydrogens is 230 g/mol. The van der Waals surface area contributed by atoms with E-state index in [-0.39, 0.29) is 19.2 Å². The monoisotopic (exact) mass is 245 g/mol. The van der Waals surface area contributed by atoms with Crippen LogP contribution in [0.1, 0.15) is 13.8 Å². The van der Waals surface area contributed by atoms with Crippen molar-refractivity contribution in [2.75, 3.05) is 23.7 Å². The molecule has 0 radical (unpaired) electrons. The predicted molar refractivity (Wildman–Crippen MR) is 67.9 cm³/mol. The molecule has 0 aromatic carbocycles. The zero-order chi connectivity index (χ0) is 13.5. The highest BCUT2D eigenvalue weighted by molar-refractivity contribution is 5.55. The minimum absolute atomic E-state index is 0.0459. The van der Waals surface area contributed by atoms with E-state index in [1.165, 1.54) is 0 Å². The molecule has 0 aliphatic rings. The highest BCUT2D eigenvalue weighted by atomic mass is 16.5. The molecule has 0 aliphatic heterocycles. The fraction of sp³-hybridized carbons (Fsp3) is 0.417.